The molecular formula is C11H14ClNO4. The predicted molar refractivity (Wildman–Crippen MR) is 64.5 cm³/mol. The summed E-state index contributed by atoms with van der Waals surface area (Å²) in [4.78, 5) is 11.8. The van der Waals surface area contributed by atoms with Crippen LogP contribution >= 0.6 is 11.6 Å². The van der Waals surface area contributed by atoms with Crippen molar-refractivity contribution < 1.29 is 19.4 Å². The summed E-state index contributed by atoms with van der Waals surface area (Å²) in [5.74, 6) is -0.156. The van der Waals surface area contributed by atoms with E-state index >= 15 is 0 Å². The molecule has 1 aromatic rings. The van der Waals surface area contributed by atoms with Crippen molar-refractivity contribution in [1.29, 1.82) is 0 Å². The van der Waals surface area contributed by atoms with Crippen LogP contribution in [0.3, 0.4) is 0 Å². The maximum atomic E-state index is 11.8. The van der Waals surface area contributed by atoms with E-state index < -0.39 is 0 Å². The molecule has 6 heteroatoms. The Bertz CT molecular complexity index is 434. The van der Waals surface area contributed by atoms with Gasteiger partial charge in [-0.1, -0.05) is 11.6 Å². The summed E-state index contributed by atoms with van der Waals surface area (Å²) < 4.78 is 10.1. The largest absolute Gasteiger partial charge is 0.505 e. The van der Waals surface area contributed by atoms with Crippen LogP contribution in [-0.2, 0) is 0 Å². The molecule has 0 aliphatic carbocycles. The highest BCUT2D eigenvalue weighted by Crippen LogP contribution is 2.42. The number of ketones is 1. The fourth-order valence-electron chi connectivity index (χ4n) is 1.46. The van der Waals surface area contributed by atoms with Gasteiger partial charge in [0.2, 0.25) is 0 Å². The maximum absolute atomic E-state index is 11.8. The quantitative estimate of drug-likeness (QED) is 0.784. The Hall–Kier alpha value is -1.46. The highest BCUT2D eigenvalue weighted by molar-refractivity contribution is 6.33. The van der Waals surface area contributed by atoms with E-state index in [0.29, 0.717) is 5.75 Å². The number of nitrogens with one attached hydrogen (secondary N) is 1. The number of rotatable bonds is 5. The van der Waals surface area contributed by atoms with Gasteiger partial charge in [-0.2, -0.15) is 0 Å². The van der Waals surface area contributed by atoms with Crippen molar-refractivity contribution in [2.45, 2.75) is 0 Å². The second-order valence-corrected chi connectivity index (χ2v) is 3.68. The van der Waals surface area contributed by atoms with E-state index in [1.54, 1.807) is 7.05 Å². The minimum Gasteiger partial charge on any atom is -0.505 e. The first-order valence-electron chi connectivity index (χ1n) is 4.88. The number of Topliss-reactive ketones (excluding diaryl/α,β-unsaturated/α-hetero) is 1. The fraction of sp³-hybridized carbons (Fsp3) is 0.364. The number of halogens is 1. The summed E-state index contributed by atoms with van der Waals surface area (Å²) in [6, 6.07) is 1.39. The number of aromatic hydroxyl groups is 1. The van der Waals surface area contributed by atoms with Crippen LogP contribution in [0.25, 0.3) is 0 Å². The number of phenolic OH excluding ortho intramolecular Hbond substituents is 1. The molecule has 0 saturated heterocycles. The molecule has 0 bridgehead atoms. The highest BCUT2D eigenvalue weighted by atomic mass is 35.5. The molecule has 0 radical (unpaired) electrons. The molecule has 5 nitrogen and oxygen atoms in total. The van der Waals surface area contributed by atoms with Crippen molar-refractivity contribution in [3.8, 4) is 17.2 Å². The molecule has 0 aliphatic rings. The number of hydrogen-bond donors (Lipinski definition) is 2. The van der Waals surface area contributed by atoms with Gasteiger partial charge in [-0.15, -0.1) is 0 Å². The lowest BCUT2D eigenvalue weighted by Crippen LogP contribution is -2.19. The average Bonchev–Trinajstić information content (AvgIpc) is 2.31. The van der Waals surface area contributed by atoms with Crippen LogP contribution in [0.2, 0.25) is 5.02 Å². The highest BCUT2D eigenvalue weighted by Gasteiger charge is 2.23. The van der Waals surface area contributed by atoms with Gasteiger partial charge in [-0.25, -0.2) is 0 Å². The maximum Gasteiger partial charge on any atom is 0.184 e. The molecule has 0 aromatic heterocycles. The molecule has 0 aliphatic heterocycles. The summed E-state index contributed by atoms with van der Waals surface area (Å²) >= 11 is 5.81. The van der Waals surface area contributed by atoms with E-state index in [1.807, 2.05) is 0 Å². The summed E-state index contributed by atoms with van der Waals surface area (Å²) in [7, 11) is 4.45. The second kappa shape index (κ2) is 5.75. The number of carbonyl (C=O) groups is 1. The number of methoxy groups -OCH3 is 2. The first kappa shape index (κ1) is 13.6. The number of benzene rings is 1. The first-order valence-corrected chi connectivity index (χ1v) is 5.25. The van der Waals surface area contributed by atoms with Crippen LogP contribution in [0.5, 0.6) is 17.2 Å². The zero-order valence-electron chi connectivity index (χ0n) is 9.83. The Morgan fingerprint density at radius 1 is 1.47 bits per heavy atom. The topological polar surface area (TPSA) is 67.8 Å². The molecule has 0 fully saturated rings. The van der Waals surface area contributed by atoms with Crippen LogP contribution in [0.4, 0.5) is 0 Å². The van der Waals surface area contributed by atoms with Gasteiger partial charge in [0.1, 0.15) is 11.3 Å². The fourth-order valence-corrected chi connectivity index (χ4v) is 1.65. The summed E-state index contributed by atoms with van der Waals surface area (Å²) in [6.45, 7) is 0.0629. The second-order valence-electron chi connectivity index (χ2n) is 3.27. The van der Waals surface area contributed by atoms with Crippen molar-refractivity contribution in [2.75, 3.05) is 27.8 Å². The van der Waals surface area contributed by atoms with Crippen molar-refractivity contribution >= 4 is 17.4 Å². The van der Waals surface area contributed by atoms with Gasteiger partial charge < -0.3 is 19.9 Å². The molecule has 0 atom stereocenters. The van der Waals surface area contributed by atoms with E-state index in [1.165, 1.54) is 20.3 Å². The average molecular weight is 260 g/mol. The number of hydrogen-bond acceptors (Lipinski definition) is 5. The van der Waals surface area contributed by atoms with Gasteiger partial charge in [-0.05, 0) is 7.05 Å². The Labute approximate surface area is 104 Å². The molecule has 0 heterocycles. The predicted octanol–water partition coefficient (Wildman–Crippen LogP) is 1.46. The van der Waals surface area contributed by atoms with E-state index in [9.17, 15) is 9.90 Å². The first-order chi connectivity index (χ1) is 8.06. The summed E-state index contributed by atoms with van der Waals surface area (Å²) in [5, 5.41) is 12.6. The number of likely N-dealkylation sites (N-methyl/N-ethyl adjacent to an activating group) is 1. The molecule has 0 saturated carbocycles. The summed E-state index contributed by atoms with van der Waals surface area (Å²) in [5.41, 5.74) is 0.0196. The SMILES string of the molecule is CNCC(=O)c1c(O)c(Cl)cc(OC)c1OC. The summed E-state index contributed by atoms with van der Waals surface area (Å²) in [6.07, 6.45) is 0. The zero-order valence-corrected chi connectivity index (χ0v) is 10.6. The van der Waals surface area contributed by atoms with E-state index in [2.05, 4.69) is 5.32 Å². The van der Waals surface area contributed by atoms with Crippen molar-refractivity contribution in [1.82, 2.24) is 5.32 Å². The standard InChI is InChI=1S/C11H14ClNO4/c1-13-5-7(14)9-10(15)6(12)4-8(16-2)11(9)17-3/h4,13,15H,5H2,1-3H3. The lowest BCUT2D eigenvalue weighted by molar-refractivity contribution is 0.0987. The molecule has 1 rings (SSSR count). The van der Waals surface area contributed by atoms with Crippen LogP contribution in [0.1, 0.15) is 10.4 Å². The van der Waals surface area contributed by atoms with Gasteiger partial charge in [-0.3, -0.25) is 4.79 Å². The van der Waals surface area contributed by atoms with Crippen molar-refractivity contribution in [3.05, 3.63) is 16.7 Å². The van der Waals surface area contributed by atoms with Crippen LogP contribution in [-0.4, -0.2) is 38.7 Å². The molecule has 94 valence electrons. The van der Waals surface area contributed by atoms with Gasteiger partial charge in [0.25, 0.3) is 0 Å². The van der Waals surface area contributed by atoms with E-state index in [-0.39, 0.29) is 34.4 Å². The molecule has 0 amide bonds. The lowest BCUT2D eigenvalue weighted by atomic mass is 10.1. The molecule has 0 unspecified atom stereocenters. The monoisotopic (exact) mass is 259 g/mol. The Kier molecular flexibility index (Phi) is 4.60. The van der Waals surface area contributed by atoms with Gasteiger partial charge in [0, 0.05) is 6.07 Å². The van der Waals surface area contributed by atoms with E-state index in [0.717, 1.165) is 0 Å². The number of ether oxygens (including phenoxy) is 2. The minimum atomic E-state index is -0.331. The smallest absolute Gasteiger partial charge is 0.184 e. The van der Waals surface area contributed by atoms with E-state index in [4.69, 9.17) is 21.1 Å². The Morgan fingerprint density at radius 2 is 2.12 bits per heavy atom. The van der Waals surface area contributed by atoms with Crippen molar-refractivity contribution in [2.24, 2.45) is 0 Å². The molecule has 0 spiro atoms. The molecular weight excluding hydrogens is 246 g/mol. The Balaban J connectivity index is 3.43. The lowest BCUT2D eigenvalue weighted by Gasteiger charge is -2.14. The normalized spacial score (nSPS) is 10.1. The van der Waals surface area contributed by atoms with Crippen LogP contribution in [0.15, 0.2) is 6.07 Å². The van der Waals surface area contributed by atoms with Crippen molar-refractivity contribution in [3.63, 3.8) is 0 Å². The molecule has 17 heavy (non-hydrogen) atoms. The molecule has 2 N–H and O–H groups in total. The third-order valence-electron chi connectivity index (χ3n) is 2.21. The number of carbonyl (C=O) groups excluding carboxylic acids is 1. The van der Waals surface area contributed by atoms with Gasteiger partial charge >= 0.3 is 0 Å². The van der Waals surface area contributed by atoms with Gasteiger partial charge in [0.15, 0.2) is 17.3 Å². The van der Waals surface area contributed by atoms with Crippen LogP contribution in [0, 0.1) is 0 Å². The van der Waals surface area contributed by atoms with Crippen LogP contribution < -0.4 is 14.8 Å². The third-order valence-corrected chi connectivity index (χ3v) is 2.50. The third kappa shape index (κ3) is 2.62. The number of phenols is 1. The zero-order chi connectivity index (χ0) is 13.0. The molecule has 1 aromatic carbocycles. The van der Waals surface area contributed by atoms with Gasteiger partial charge in [0.05, 0.1) is 25.8 Å². The Morgan fingerprint density at radius 3 is 2.59 bits per heavy atom. The minimum absolute atomic E-state index is 0.0196.